The predicted molar refractivity (Wildman–Crippen MR) is 112 cm³/mol. The Morgan fingerprint density at radius 3 is 2.47 bits per heavy atom. The molecular weight excluding hydrogens is 385 g/mol. The maximum Gasteiger partial charge on any atom is 0.488 e. The Hall–Kier alpha value is -2.91. The van der Waals surface area contributed by atoms with Crippen LogP contribution >= 0.6 is 0 Å². The molecule has 2 N–H and O–H groups in total. The number of nitrogens with zero attached hydrogens (tertiary/aromatic N) is 3. The summed E-state index contributed by atoms with van der Waals surface area (Å²) in [7, 11) is 1.78. The summed E-state index contributed by atoms with van der Waals surface area (Å²) < 4.78 is 5.91. The molecule has 2 amide bonds. The molecule has 158 valence electrons. The minimum Gasteiger partial charge on any atom is -0.474 e. The number of aromatic nitrogens is 1. The van der Waals surface area contributed by atoms with Crippen LogP contribution < -0.4 is 10.2 Å². The molecule has 2 aromatic rings. The minimum absolute atomic E-state index is 0.0498. The second-order valence-electron chi connectivity index (χ2n) is 7.53. The fourth-order valence-electron chi connectivity index (χ4n) is 3.45. The normalized spacial score (nSPS) is 14.3. The fraction of sp³-hybridized carbons (Fsp3) is 0.381. The molecule has 1 aromatic heterocycles. The van der Waals surface area contributed by atoms with Crippen molar-refractivity contribution >= 4 is 24.4 Å². The number of hydrogen-bond acceptors (Lipinski definition) is 6. The zero-order valence-electron chi connectivity index (χ0n) is 17.2. The number of hydrogen-bond donors (Lipinski definition) is 2. The molecule has 0 spiro atoms. The first kappa shape index (κ1) is 21.8. The average molecular weight is 411 g/mol. The van der Waals surface area contributed by atoms with Crippen molar-refractivity contribution in [2.45, 2.75) is 25.4 Å². The van der Waals surface area contributed by atoms with Gasteiger partial charge in [-0.1, -0.05) is 24.3 Å². The SMILES string of the molecule is CN(C)C(=O)c1ccc(OC2CCN(C(=O)Cc3ccccc3B(O)O)CC2)nc1. The van der Waals surface area contributed by atoms with Gasteiger partial charge >= 0.3 is 7.12 Å². The van der Waals surface area contributed by atoms with E-state index in [0.29, 0.717) is 48.4 Å². The molecule has 0 saturated carbocycles. The Labute approximate surface area is 176 Å². The molecule has 9 heteroatoms. The molecule has 0 unspecified atom stereocenters. The maximum absolute atomic E-state index is 12.6. The first-order valence-electron chi connectivity index (χ1n) is 9.91. The van der Waals surface area contributed by atoms with Gasteiger partial charge in [0, 0.05) is 52.3 Å². The van der Waals surface area contributed by atoms with E-state index in [4.69, 9.17) is 4.74 Å². The monoisotopic (exact) mass is 411 g/mol. The topological polar surface area (TPSA) is 103 Å². The van der Waals surface area contributed by atoms with E-state index in [0.717, 1.165) is 0 Å². The second-order valence-corrected chi connectivity index (χ2v) is 7.53. The lowest BCUT2D eigenvalue weighted by Gasteiger charge is -2.32. The first-order chi connectivity index (χ1) is 14.3. The number of benzene rings is 1. The number of carbonyl (C=O) groups is 2. The van der Waals surface area contributed by atoms with Crippen LogP contribution in [0.5, 0.6) is 5.88 Å². The molecular formula is C21H26BN3O5. The van der Waals surface area contributed by atoms with E-state index in [1.54, 1.807) is 55.4 Å². The van der Waals surface area contributed by atoms with E-state index in [-0.39, 0.29) is 24.3 Å². The summed E-state index contributed by atoms with van der Waals surface area (Å²) in [6.07, 6.45) is 2.93. The Kier molecular flexibility index (Phi) is 7.07. The summed E-state index contributed by atoms with van der Waals surface area (Å²) in [5.41, 5.74) is 1.47. The van der Waals surface area contributed by atoms with Crippen LogP contribution in [-0.4, -0.2) is 77.1 Å². The van der Waals surface area contributed by atoms with Crippen LogP contribution in [-0.2, 0) is 11.2 Å². The standard InChI is InChI=1S/C21H26BN3O5/c1-24(2)21(27)16-7-8-19(23-14-16)30-17-9-11-25(12-10-17)20(26)13-15-5-3-4-6-18(15)22(28)29/h3-8,14,17,28-29H,9-13H2,1-2H3. The van der Waals surface area contributed by atoms with Crippen LogP contribution in [0.2, 0.25) is 0 Å². The number of likely N-dealkylation sites (tertiary alicyclic amines) is 1. The quantitative estimate of drug-likeness (QED) is 0.653. The van der Waals surface area contributed by atoms with E-state index in [1.807, 2.05) is 0 Å². The number of rotatable bonds is 6. The highest BCUT2D eigenvalue weighted by Gasteiger charge is 2.26. The fourth-order valence-corrected chi connectivity index (χ4v) is 3.45. The lowest BCUT2D eigenvalue weighted by molar-refractivity contribution is -0.132. The first-order valence-corrected chi connectivity index (χ1v) is 9.91. The van der Waals surface area contributed by atoms with Crippen LogP contribution in [0.25, 0.3) is 0 Å². The van der Waals surface area contributed by atoms with Crippen molar-refractivity contribution < 1.29 is 24.4 Å². The lowest BCUT2D eigenvalue weighted by atomic mass is 9.76. The van der Waals surface area contributed by atoms with Gasteiger partial charge in [0.15, 0.2) is 0 Å². The maximum atomic E-state index is 12.6. The Morgan fingerprint density at radius 1 is 1.17 bits per heavy atom. The summed E-state index contributed by atoms with van der Waals surface area (Å²) in [5, 5.41) is 18.9. The van der Waals surface area contributed by atoms with Gasteiger partial charge < -0.3 is 24.6 Å². The second kappa shape index (κ2) is 9.73. The number of piperidine rings is 1. The third kappa shape index (κ3) is 5.37. The third-order valence-electron chi connectivity index (χ3n) is 5.15. The third-order valence-corrected chi connectivity index (χ3v) is 5.15. The molecule has 30 heavy (non-hydrogen) atoms. The van der Waals surface area contributed by atoms with E-state index < -0.39 is 7.12 Å². The highest BCUT2D eigenvalue weighted by atomic mass is 16.5. The molecule has 2 heterocycles. The van der Waals surface area contributed by atoms with Crippen molar-refractivity contribution in [1.82, 2.24) is 14.8 Å². The highest BCUT2D eigenvalue weighted by Crippen LogP contribution is 2.18. The summed E-state index contributed by atoms with van der Waals surface area (Å²) in [4.78, 5) is 32.0. The van der Waals surface area contributed by atoms with Gasteiger partial charge in [-0.25, -0.2) is 4.98 Å². The van der Waals surface area contributed by atoms with Gasteiger partial charge in [-0.3, -0.25) is 9.59 Å². The number of amides is 2. The molecule has 0 aliphatic carbocycles. The van der Waals surface area contributed by atoms with Gasteiger partial charge in [0.1, 0.15) is 6.10 Å². The van der Waals surface area contributed by atoms with Crippen molar-refractivity contribution in [2.24, 2.45) is 0 Å². The molecule has 0 bridgehead atoms. The lowest BCUT2D eigenvalue weighted by Crippen LogP contribution is -2.43. The van der Waals surface area contributed by atoms with E-state index in [2.05, 4.69) is 4.98 Å². The van der Waals surface area contributed by atoms with Crippen LogP contribution in [0.4, 0.5) is 0 Å². The number of ether oxygens (including phenoxy) is 1. The zero-order chi connectivity index (χ0) is 21.7. The van der Waals surface area contributed by atoms with Gasteiger partial charge in [0.05, 0.1) is 12.0 Å². The van der Waals surface area contributed by atoms with Crippen LogP contribution in [0.3, 0.4) is 0 Å². The Balaban J connectivity index is 1.51. The van der Waals surface area contributed by atoms with Gasteiger partial charge in [-0.15, -0.1) is 0 Å². The van der Waals surface area contributed by atoms with E-state index in [9.17, 15) is 19.6 Å². The van der Waals surface area contributed by atoms with Gasteiger partial charge in [0.25, 0.3) is 5.91 Å². The van der Waals surface area contributed by atoms with E-state index in [1.165, 1.54) is 11.1 Å². The average Bonchev–Trinajstić information content (AvgIpc) is 2.74. The molecule has 8 nitrogen and oxygen atoms in total. The molecule has 0 atom stereocenters. The van der Waals surface area contributed by atoms with Crippen molar-refractivity contribution in [3.8, 4) is 5.88 Å². The van der Waals surface area contributed by atoms with Crippen LogP contribution in [0.1, 0.15) is 28.8 Å². The zero-order valence-corrected chi connectivity index (χ0v) is 17.2. The van der Waals surface area contributed by atoms with Crippen LogP contribution in [0, 0.1) is 0 Å². The molecule has 1 aliphatic rings. The minimum atomic E-state index is -1.60. The van der Waals surface area contributed by atoms with Gasteiger partial charge in [-0.05, 0) is 17.1 Å². The molecule has 1 fully saturated rings. The molecule has 1 aromatic carbocycles. The summed E-state index contributed by atoms with van der Waals surface area (Å²) in [6, 6.07) is 10.2. The predicted octanol–water partition coefficient (Wildman–Crippen LogP) is 0.0757. The molecule has 1 saturated heterocycles. The van der Waals surface area contributed by atoms with Gasteiger partial charge in [-0.2, -0.15) is 0 Å². The Bertz CT molecular complexity index is 880. The van der Waals surface area contributed by atoms with Crippen molar-refractivity contribution in [3.05, 3.63) is 53.7 Å². The summed E-state index contributed by atoms with van der Waals surface area (Å²) in [5.74, 6) is 0.295. The number of pyridine rings is 1. The molecule has 3 rings (SSSR count). The summed E-state index contributed by atoms with van der Waals surface area (Å²) >= 11 is 0. The molecule has 0 radical (unpaired) electrons. The highest BCUT2D eigenvalue weighted by molar-refractivity contribution is 6.59. The van der Waals surface area contributed by atoms with Crippen molar-refractivity contribution in [3.63, 3.8) is 0 Å². The van der Waals surface area contributed by atoms with E-state index >= 15 is 0 Å². The summed E-state index contributed by atoms with van der Waals surface area (Å²) in [6.45, 7) is 1.12. The number of carbonyl (C=O) groups excluding carboxylic acids is 2. The van der Waals surface area contributed by atoms with Crippen molar-refractivity contribution in [1.29, 1.82) is 0 Å². The molecule has 1 aliphatic heterocycles. The van der Waals surface area contributed by atoms with Gasteiger partial charge in [0.2, 0.25) is 11.8 Å². The Morgan fingerprint density at radius 2 is 1.87 bits per heavy atom. The largest absolute Gasteiger partial charge is 0.488 e. The van der Waals surface area contributed by atoms with Crippen molar-refractivity contribution in [2.75, 3.05) is 27.2 Å². The van der Waals surface area contributed by atoms with Crippen LogP contribution in [0.15, 0.2) is 42.6 Å². The smallest absolute Gasteiger partial charge is 0.474 e.